The molecule has 82 valence electrons. The van der Waals surface area contributed by atoms with Crippen molar-refractivity contribution in [3.8, 4) is 5.75 Å². The molecule has 2 nitrogen and oxygen atoms in total. The molecule has 1 aromatic rings. The molecule has 0 aliphatic heterocycles. The van der Waals surface area contributed by atoms with Gasteiger partial charge in [-0.15, -0.1) is 0 Å². The van der Waals surface area contributed by atoms with Crippen LogP contribution in [0, 0.1) is 0 Å². The molecular formula is C13H19NO. The molecule has 1 fully saturated rings. The van der Waals surface area contributed by atoms with E-state index in [2.05, 4.69) is 26.8 Å². The third kappa shape index (κ3) is 2.65. The molecule has 0 aromatic heterocycles. The highest BCUT2D eigenvalue weighted by atomic mass is 16.5. The third-order valence-corrected chi connectivity index (χ3v) is 2.62. The van der Waals surface area contributed by atoms with Crippen LogP contribution in [0.3, 0.4) is 0 Å². The second-order valence-electron chi connectivity index (χ2n) is 5.36. The summed E-state index contributed by atoms with van der Waals surface area (Å²) in [5.41, 5.74) is 8.02. The van der Waals surface area contributed by atoms with Gasteiger partial charge in [0.05, 0.1) is 6.10 Å². The van der Waals surface area contributed by atoms with Crippen molar-refractivity contribution in [1.82, 2.24) is 0 Å². The quantitative estimate of drug-likeness (QED) is 0.753. The highest BCUT2D eigenvalue weighted by molar-refractivity contribution is 5.49. The maximum Gasteiger partial charge on any atom is 0.122 e. The van der Waals surface area contributed by atoms with Gasteiger partial charge in [0.2, 0.25) is 0 Å². The molecule has 1 aliphatic carbocycles. The van der Waals surface area contributed by atoms with Crippen LogP contribution >= 0.6 is 0 Å². The topological polar surface area (TPSA) is 35.2 Å². The second-order valence-corrected chi connectivity index (χ2v) is 5.36. The molecule has 0 radical (unpaired) electrons. The molecular weight excluding hydrogens is 186 g/mol. The number of nitrogens with two attached hydrogens (primary N) is 1. The Hall–Kier alpha value is -1.18. The molecule has 2 N–H and O–H groups in total. The molecule has 0 heterocycles. The van der Waals surface area contributed by atoms with Gasteiger partial charge in [-0.1, -0.05) is 20.8 Å². The fourth-order valence-electron chi connectivity index (χ4n) is 1.50. The van der Waals surface area contributed by atoms with Crippen molar-refractivity contribution >= 4 is 5.69 Å². The monoisotopic (exact) mass is 205 g/mol. The molecule has 1 aromatic carbocycles. The van der Waals surface area contributed by atoms with Crippen LogP contribution < -0.4 is 10.5 Å². The van der Waals surface area contributed by atoms with Gasteiger partial charge in [0.15, 0.2) is 0 Å². The number of rotatable bonds is 2. The van der Waals surface area contributed by atoms with E-state index < -0.39 is 0 Å². The summed E-state index contributed by atoms with van der Waals surface area (Å²) >= 11 is 0. The number of ether oxygens (including phenoxy) is 1. The predicted molar refractivity (Wildman–Crippen MR) is 63.2 cm³/mol. The van der Waals surface area contributed by atoms with E-state index in [1.165, 1.54) is 18.4 Å². The second kappa shape index (κ2) is 3.44. The van der Waals surface area contributed by atoms with E-state index in [0.717, 1.165) is 11.4 Å². The summed E-state index contributed by atoms with van der Waals surface area (Å²) in [7, 11) is 0. The number of hydrogen-bond acceptors (Lipinski definition) is 2. The van der Waals surface area contributed by atoms with Gasteiger partial charge in [0.25, 0.3) is 0 Å². The van der Waals surface area contributed by atoms with Crippen LogP contribution in [-0.2, 0) is 5.41 Å². The first-order chi connectivity index (χ1) is 6.95. The minimum atomic E-state index is 0.122. The van der Waals surface area contributed by atoms with E-state index in [4.69, 9.17) is 10.5 Å². The lowest BCUT2D eigenvalue weighted by Gasteiger charge is -2.20. The zero-order valence-electron chi connectivity index (χ0n) is 9.71. The Labute approximate surface area is 91.4 Å². The lowest BCUT2D eigenvalue weighted by molar-refractivity contribution is 0.302. The first-order valence-electron chi connectivity index (χ1n) is 5.53. The minimum Gasteiger partial charge on any atom is -0.490 e. The Balaban J connectivity index is 2.27. The van der Waals surface area contributed by atoms with Crippen LogP contribution in [0.4, 0.5) is 5.69 Å². The molecule has 0 bridgehead atoms. The van der Waals surface area contributed by atoms with Crippen LogP contribution in [0.15, 0.2) is 18.2 Å². The summed E-state index contributed by atoms with van der Waals surface area (Å²) in [4.78, 5) is 0. The Morgan fingerprint density at radius 1 is 1.20 bits per heavy atom. The molecule has 2 rings (SSSR count). The van der Waals surface area contributed by atoms with E-state index in [1.54, 1.807) is 0 Å². The van der Waals surface area contributed by atoms with E-state index in [9.17, 15) is 0 Å². The van der Waals surface area contributed by atoms with Crippen molar-refractivity contribution < 1.29 is 4.74 Å². The van der Waals surface area contributed by atoms with E-state index >= 15 is 0 Å². The average molecular weight is 205 g/mol. The number of hydrogen-bond donors (Lipinski definition) is 1. The van der Waals surface area contributed by atoms with Crippen LogP contribution in [0.5, 0.6) is 5.75 Å². The summed E-state index contributed by atoms with van der Waals surface area (Å²) in [6.07, 6.45) is 2.79. The first kappa shape index (κ1) is 10.3. The fraction of sp³-hybridized carbons (Fsp3) is 0.538. The van der Waals surface area contributed by atoms with Gasteiger partial charge in [-0.05, 0) is 36.0 Å². The lowest BCUT2D eigenvalue weighted by atomic mass is 9.87. The number of anilines is 1. The van der Waals surface area contributed by atoms with Crippen LogP contribution in [-0.4, -0.2) is 6.10 Å². The van der Waals surface area contributed by atoms with Crippen molar-refractivity contribution in [2.75, 3.05) is 5.73 Å². The summed E-state index contributed by atoms with van der Waals surface area (Å²) < 4.78 is 5.76. The normalized spacial score (nSPS) is 16.5. The van der Waals surface area contributed by atoms with Crippen molar-refractivity contribution in [2.45, 2.75) is 45.1 Å². The fourth-order valence-corrected chi connectivity index (χ4v) is 1.50. The maximum atomic E-state index is 5.87. The summed E-state index contributed by atoms with van der Waals surface area (Å²) in [6, 6.07) is 6.04. The molecule has 1 saturated carbocycles. The zero-order valence-corrected chi connectivity index (χ0v) is 9.71. The van der Waals surface area contributed by atoms with Gasteiger partial charge < -0.3 is 10.5 Å². The standard InChI is InChI=1S/C13H19NO/c1-13(2,3)9-6-10(14)8-12(7-9)15-11-4-5-11/h6-8,11H,4-5,14H2,1-3H3. The highest BCUT2D eigenvalue weighted by Gasteiger charge is 2.24. The van der Waals surface area contributed by atoms with E-state index in [-0.39, 0.29) is 5.41 Å². The van der Waals surface area contributed by atoms with Crippen LogP contribution in [0.25, 0.3) is 0 Å². The Morgan fingerprint density at radius 2 is 1.87 bits per heavy atom. The maximum absolute atomic E-state index is 5.87. The summed E-state index contributed by atoms with van der Waals surface area (Å²) in [5.74, 6) is 0.919. The molecule has 0 amide bonds. The predicted octanol–water partition coefficient (Wildman–Crippen LogP) is 3.11. The van der Waals surface area contributed by atoms with Gasteiger partial charge in [-0.25, -0.2) is 0 Å². The highest BCUT2D eigenvalue weighted by Crippen LogP contribution is 2.32. The van der Waals surface area contributed by atoms with E-state index in [0.29, 0.717) is 6.10 Å². The molecule has 15 heavy (non-hydrogen) atoms. The number of benzene rings is 1. The Bertz CT molecular complexity index is 361. The summed E-state index contributed by atoms with van der Waals surface area (Å²) in [6.45, 7) is 6.55. The van der Waals surface area contributed by atoms with E-state index in [1.807, 2.05) is 12.1 Å². The first-order valence-corrected chi connectivity index (χ1v) is 5.53. The van der Waals surface area contributed by atoms with Gasteiger partial charge >= 0.3 is 0 Å². The molecule has 0 spiro atoms. The van der Waals surface area contributed by atoms with Gasteiger partial charge in [-0.2, -0.15) is 0 Å². The zero-order chi connectivity index (χ0) is 11.1. The van der Waals surface area contributed by atoms with Crippen molar-refractivity contribution in [3.63, 3.8) is 0 Å². The van der Waals surface area contributed by atoms with Gasteiger partial charge in [0.1, 0.15) is 5.75 Å². The van der Waals surface area contributed by atoms with Crippen molar-refractivity contribution in [1.29, 1.82) is 0 Å². The molecule has 1 aliphatic rings. The smallest absolute Gasteiger partial charge is 0.122 e. The van der Waals surface area contributed by atoms with Crippen molar-refractivity contribution in [2.24, 2.45) is 0 Å². The number of nitrogen functional groups attached to an aromatic ring is 1. The average Bonchev–Trinajstić information content (AvgIpc) is 2.85. The lowest BCUT2D eigenvalue weighted by Crippen LogP contribution is -2.12. The van der Waals surface area contributed by atoms with Gasteiger partial charge in [0, 0.05) is 11.8 Å². The molecule has 0 saturated heterocycles. The van der Waals surface area contributed by atoms with Crippen LogP contribution in [0.1, 0.15) is 39.2 Å². The Kier molecular flexibility index (Phi) is 2.37. The molecule has 0 unspecified atom stereocenters. The summed E-state index contributed by atoms with van der Waals surface area (Å²) in [5, 5.41) is 0. The Morgan fingerprint density at radius 3 is 2.40 bits per heavy atom. The SMILES string of the molecule is CC(C)(C)c1cc(N)cc(OC2CC2)c1. The van der Waals surface area contributed by atoms with Crippen molar-refractivity contribution in [3.05, 3.63) is 23.8 Å². The van der Waals surface area contributed by atoms with Crippen LogP contribution in [0.2, 0.25) is 0 Å². The minimum absolute atomic E-state index is 0.122. The molecule has 0 atom stereocenters. The molecule has 2 heteroatoms. The largest absolute Gasteiger partial charge is 0.490 e. The van der Waals surface area contributed by atoms with Gasteiger partial charge in [-0.3, -0.25) is 0 Å². The third-order valence-electron chi connectivity index (χ3n) is 2.62.